The Hall–Kier alpha value is -2.57. The van der Waals surface area contributed by atoms with E-state index in [-0.39, 0.29) is 12.8 Å². The van der Waals surface area contributed by atoms with Crippen LogP contribution in [0.4, 0.5) is 0 Å². The number of nitrogens with one attached hydrogen (secondary N) is 1. The van der Waals surface area contributed by atoms with Gasteiger partial charge in [-0.25, -0.2) is 4.79 Å². The highest BCUT2D eigenvalue weighted by atomic mass is 16.5. The van der Waals surface area contributed by atoms with Gasteiger partial charge in [0.25, 0.3) is 5.91 Å². The van der Waals surface area contributed by atoms with Gasteiger partial charge in [0.2, 0.25) is 5.91 Å². The summed E-state index contributed by atoms with van der Waals surface area (Å²) in [6.07, 6.45) is 0.286. The third kappa shape index (κ3) is 3.97. The zero-order chi connectivity index (χ0) is 16.1. The molecule has 1 aliphatic heterocycles. The Kier molecular flexibility index (Phi) is 4.98. The number of aryl methyl sites for hydroxylation is 1. The van der Waals surface area contributed by atoms with Gasteiger partial charge in [0.1, 0.15) is 11.8 Å². The van der Waals surface area contributed by atoms with Crippen molar-refractivity contribution < 1.29 is 24.2 Å². The second kappa shape index (κ2) is 6.93. The fourth-order valence-corrected chi connectivity index (χ4v) is 2.32. The van der Waals surface area contributed by atoms with Crippen LogP contribution in [0.1, 0.15) is 24.8 Å². The number of amides is 2. The minimum Gasteiger partial charge on any atom is -0.480 e. The van der Waals surface area contributed by atoms with Crippen LogP contribution < -0.4 is 15.8 Å². The summed E-state index contributed by atoms with van der Waals surface area (Å²) in [5, 5.41) is 11.5. The monoisotopic (exact) mass is 306 g/mol. The topological polar surface area (TPSA) is 119 Å². The average Bonchev–Trinajstić information content (AvgIpc) is 2.50. The summed E-state index contributed by atoms with van der Waals surface area (Å²) in [5.41, 5.74) is 6.02. The van der Waals surface area contributed by atoms with Crippen molar-refractivity contribution in [2.24, 2.45) is 5.73 Å². The fourth-order valence-electron chi connectivity index (χ4n) is 2.32. The van der Waals surface area contributed by atoms with Crippen molar-refractivity contribution >= 4 is 17.8 Å². The van der Waals surface area contributed by atoms with E-state index in [1.54, 1.807) is 6.07 Å². The lowest BCUT2D eigenvalue weighted by atomic mass is 10.0. The molecule has 118 valence electrons. The number of aliphatic carboxylic acids is 1. The van der Waals surface area contributed by atoms with Crippen LogP contribution in [0.2, 0.25) is 0 Å². The van der Waals surface area contributed by atoms with Crippen molar-refractivity contribution in [2.75, 3.05) is 0 Å². The Morgan fingerprint density at radius 2 is 2.09 bits per heavy atom. The first kappa shape index (κ1) is 15.8. The number of carboxylic acid groups (broad SMARTS) is 1. The molecule has 1 aromatic rings. The number of carboxylic acids is 1. The molecule has 0 aliphatic carbocycles. The molecule has 0 radical (unpaired) electrons. The molecule has 1 aromatic carbocycles. The molecule has 2 atom stereocenters. The fraction of sp³-hybridized carbons (Fsp3) is 0.400. The number of hydrogen-bond acceptors (Lipinski definition) is 4. The van der Waals surface area contributed by atoms with Crippen LogP contribution in [0.5, 0.6) is 5.75 Å². The summed E-state index contributed by atoms with van der Waals surface area (Å²) >= 11 is 0. The van der Waals surface area contributed by atoms with E-state index < -0.39 is 29.9 Å². The summed E-state index contributed by atoms with van der Waals surface area (Å²) in [6.45, 7) is 0. The molecule has 1 heterocycles. The first-order chi connectivity index (χ1) is 10.5. The van der Waals surface area contributed by atoms with E-state index in [2.05, 4.69) is 5.32 Å². The number of nitrogens with two attached hydrogens (primary N) is 1. The van der Waals surface area contributed by atoms with E-state index in [0.717, 1.165) is 5.56 Å². The van der Waals surface area contributed by atoms with Crippen LogP contribution in [0.25, 0.3) is 0 Å². The normalized spacial score (nSPS) is 17.7. The molecule has 0 bridgehead atoms. The lowest BCUT2D eigenvalue weighted by molar-refractivity contribution is -0.143. The van der Waals surface area contributed by atoms with Gasteiger partial charge in [-0.15, -0.1) is 0 Å². The third-order valence-corrected chi connectivity index (χ3v) is 3.50. The number of fused-ring (bicyclic) bond motifs is 1. The molecule has 0 saturated carbocycles. The minimum absolute atomic E-state index is 0.0420. The quantitative estimate of drug-likeness (QED) is 0.694. The second-order valence-electron chi connectivity index (χ2n) is 5.16. The lowest BCUT2D eigenvalue weighted by Crippen LogP contribution is -2.48. The van der Waals surface area contributed by atoms with E-state index in [4.69, 9.17) is 15.6 Å². The Labute approximate surface area is 127 Å². The average molecular weight is 306 g/mol. The molecule has 4 N–H and O–H groups in total. The maximum atomic E-state index is 12.2. The van der Waals surface area contributed by atoms with Gasteiger partial charge < -0.3 is 20.9 Å². The van der Waals surface area contributed by atoms with Crippen molar-refractivity contribution in [2.45, 2.75) is 37.8 Å². The minimum atomic E-state index is -1.20. The summed E-state index contributed by atoms with van der Waals surface area (Å²) < 4.78 is 5.60. The molecular formula is C15H18N2O5. The maximum Gasteiger partial charge on any atom is 0.326 e. The number of carbonyl (C=O) groups excluding carboxylic acids is 2. The summed E-state index contributed by atoms with van der Waals surface area (Å²) in [7, 11) is 0. The molecule has 0 fully saturated rings. The van der Waals surface area contributed by atoms with Crippen LogP contribution in [0, 0.1) is 0 Å². The summed E-state index contributed by atoms with van der Waals surface area (Å²) in [4.78, 5) is 34.0. The Bertz CT molecular complexity index is 587. The zero-order valence-electron chi connectivity index (χ0n) is 12.0. The number of para-hydroxylation sites is 1. The zero-order valence-corrected chi connectivity index (χ0v) is 12.0. The highest BCUT2D eigenvalue weighted by molar-refractivity contribution is 5.87. The molecule has 0 spiro atoms. The maximum absolute atomic E-state index is 12.2. The van der Waals surface area contributed by atoms with Gasteiger partial charge in [0.05, 0.1) is 0 Å². The van der Waals surface area contributed by atoms with Crippen LogP contribution in [0.3, 0.4) is 0 Å². The van der Waals surface area contributed by atoms with Gasteiger partial charge >= 0.3 is 5.97 Å². The van der Waals surface area contributed by atoms with Crippen molar-refractivity contribution in [1.82, 2.24) is 5.32 Å². The van der Waals surface area contributed by atoms with Crippen molar-refractivity contribution in [3.8, 4) is 5.75 Å². The highest BCUT2D eigenvalue weighted by Gasteiger charge is 2.29. The van der Waals surface area contributed by atoms with Crippen molar-refractivity contribution in [3.05, 3.63) is 29.8 Å². The van der Waals surface area contributed by atoms with Crippen LogP contribution in [-0.2, 0) is 20.8 Å². The molecule has 22 heavy (non-hydrogen) atoms. The Balaban J connectivity index is 1.96. The van der Waals surface area contributed by atoms with Gasteiger partial charge in [-0.1, -0.05) is 18.2 Å². The third-order valence-electron chi connectivity index (χ3n) is 3.50. The van der Waals surface area contributed by atoms with Crippen molar-refractivity contribution in [1.29, 1.82) is 0 Å². The molecule has 1 aliphatic rings. The SMILES string of the molecule is NC(=O)CC[C@H](NC(=O)C1CCc2ccccc2O1)C(=O)O. The van der Waals surface area contributed by atoms with Crippen LogP contribution >= 0.6 is 0 Å². The predicted molar refractivity (Wildman–Crippen MR) is 77.2 cm³/mol. The molecule has 0 saturated heterocycles. The van der Waals surface area contributed by atoms with E-state index >= 15 is 0 Å². The first-order valence-corrected chi connectivity index (χ1v) is 7.03. The molecule has 2 rings (SSSR count). The standard InChI is InChI=1S/C15H18N2O5/c16-13(18)8-6-10(15(20)21)17-14(19)12-7-5-9-3-1-2-4-11(9)22-12/h1-4,10,12H,5-8H2,(H2,16,18)(H,17,19)(H,20,21)/t10-,12?/m0/s1. The number of hydrogen-bond donors (Lipinski definition) is 3. The van der Waals surface area contributed by atoms with Crippen LogP contribution in [-0.4, -0.2) is 35.0 Å². The summed E-state index contributed by atoms with van der Waals surface area (Å²) in [6, 6.07) is 6.26. The molecular weight excluding hydrogens is 288 g/mol. The van der Waals surface area contributed by atoms with Gasteiger partial charge in [0.15, 0.2) is 6.10 Å². The number of carbonyl (C=O) groups is 3. The van der Waals surface area contributed by atoms with Gasteiger partial charge in [-0.3, -0.25) is 9.59 Å². The molecule has 7 nitrogen and oxygen atoms in total. The van der Waals surface area contributed by atoms with E-state index in [1.165, 1.54) is 0 Å². The molecule has 1 unspecified atom stereocenters. The largest absolute Gasteiger partial charge is 0.480 e. The smallest absolute Gasteiger partial charge is 0.326 e. The summed E-state index contributed by atoms with van der Waals surface area (Å²) in [5.74, 6) is -1.67. The highest BCUT2D eigenvalue weighted by Crippen LogP contribution is 2.27. The lowest BCUT2D eigenvalue weighted by Gasteiger charge is -2.26. The van der Waals surface area contributed by atoms with Gasteiger partial charge in [-0.05, 0) is 30.9 Å². The van der Waals surface area contributed by atoms with E-state index in [1.807, 2.05) is 18.2 Å². The van der Waals surface area contributed by atoms with E-state index in [9.17, 15) is 14.4 Å². The first-order valence-electron chi connectivity index (χ1n) is 7.03. The number of benzene rings is 1. The van der Waals surface area contributed by atoms with Gasteiger partial charge in [0, 0.05) is 6.42 Å². The van der Waals surface area contributed by atoms with Crippen LogP contribution in [0.15, 0.2) is 24.3 Å². The number of rotatable bonds is 6. The molecule has 0 aromatic heterocycles. The predicted octanol–water partition coefficient (Wildman–Crippen LogP) is 0.215. The molecule has 7 heteroatoms. The number of primary amides is 1. The van der Waals surface area contributed by atoms with Crippen molar-refractivity contribution in [3.63, 3.8) is 0 Å². The van der Waals surface area contributed by atoms with Gasteiger partial charge in [-0.2, -0.15) is 0 Å². The van der Waals surface area contributed by atoms with E-state index in [0.29, 0.717) is 18.6 Å². The molecule has 2 amide bonds. The number of ether oxygens (including phenoxy) is 1. The Morgan fingerprint density at radius 3 is 2.77 bits per heavy atom. The second-order valence-corrected chi connectivity index (χ2v) is 5.16. The Morgan fingerprint density at radius 1 is 1.36 bits per heavy atom.